The lowest BCUT2D eigenvalue weighted by Crippen LogP contribution is -2.11. The largest absolute Gasteiger partial charge is 0.455 e. The van der Waals surface area contributed by atoms with Gasteiger partial charge in [-0.3, -0.25) is 0 Å². The number of hydrogen-bond acceptors (Lipinski definition) is 2. The van der Waals surface area contributed by atoms with E-state index in [1.807, 2.05) is 12.1 Å². The third-order valence-electron chi connectivity index (χ3n) is 10.3. The summed E-state index contributed by atoms with van der Waals surface area (Å²) in [6, 6.07) is 71.7. The number of furan rings is 1. The normalized spacial score (nSPS) is 11.5. The topological polar surface area (TPSA) is 16.4 Å². The quantitative estimate of drug-likeness (QED) is 0.176. The van der Waals surface area contributed by atoms with E-state index >= 15 is 0 Å². The number of hydrogen-bond donors (Lipinski definition) is 0. The summed E-state index contributed by atoms with van der Waals surface area (Å²) in [5.74, 6) is 0. The second kappa shape index (κ2) is 12.5. The molecule has 0 N–H and O–H groups in total. The van der Waals surface area contributed by atoms with E-state index in [0.29, 0.717) is 0 Å². The van der Waals surface area contributed by atoms with Crippen LogP contribution in [-0.2, 0) is 0 Å². The van der Waals surface area contributed by atoms with Crippen LogP contribution in [0.5, 0.6) is 0 Å². The van der Waals surface area contributed by atoms with E-state index in [4.69, 9.17) is 4.42 Å². The summed E-state index contributed by atoms with van der Waals surface area (Å²) in [5.41, 5.74) is 12.3. The van der Waals surface area contributed by atoms with Gasteiger partial charge in [0.2, 0.25) is 0 Å². The van der Waals surface area contributed by atoms with Gasteiger partial charge in [0.05, 0.1) is 5.69 Å². The summed E-state index contributed by atoms with van der Waals surface area (Å²) in [4.78, 5) is 2.38. The molecule has 0 aliphatic rings. The van der Waals surface area contributed by atoms with Crippen molar-refractivity contribution in [2.24, 2.45) is 0 Å². The van der Waals surface area contributed by atoms with E-state index in [2.05, 4.69) is 193 Å². The van der Waals surface area contributed by atoms with Gasteiger partial charge in [-0.15, -0.1) is 0 Å². The fourth-order valence-corrected chi connectivity index (χ4v) is 7.72. The van der Waals surface area contributed by atoms with Crippen molar-refractivity contribution in [1.82, 2.24) is 0 Å². The first-order valence-electron chi connectivity index (χ1n) is 17.8. The molecule has 0 spiro atoms. The molecule has 10 aromatic rings. The molecule has 0 amide bonds. The number of para-hydroxylation sites is 2. The fraction of sp³-hybridized carbons (Fsp3) is 0. The van der Waals surface area contributed by atoms with Crippen molar-refractivity contribution in [3.63, 3.8) is 0 Å². The van der Waals surface area contributed by atoms with Crippen LogP contribution < -0.4 is 4.90 Å². The number of benzene rings is 9. The zero-order valence-electron chi connectivity index (χ0n) is 28.4. The predicted octanol–water partition coefficient (Wildman–Crippen LogP) is 14.4. The lowest BCUT2D eigenvalue weighted by Gasteiger charge is -2.28. The molecule has 52 heavy (non-hydrogen) atoms. The Morgan fingerprint density at radius 2 is 0.923 bits per heavy atom. The van der Waals surface area contributed by atoms with Gasteiger partial charge in [0.1, 0.15) is 11.2 Å². The Morgan fingerprint density at radius 3 is 1.75 bits per heavy atom. The highest BCUT2D eigenvalue weighted by atomic mass is 16.3. The molecule has 0 unspecified atom stereocenters. The van der Waals surface area contributed by atoms with E-state index in [1.165, 1.54) is 33.0 Å². The molecule has 1 aromatic heterocycles. The molecule has 0 aliphatic heterocycles. The van der Waals surface area contributed by atoms with E-state index in [0.717, 1.165) is 60.9 Å². The second-order valence-electron chi connectivity index (χ2n) is 13.3. The van der Waals surface area contributed by atoms with Crippen molar-refractivity contribution >= 4 is 60.5 Å². The van der Waals surface area contributed by atoms with Crippen molar-refractivity contribution in [3.05, 3.63) is 200 Å². The van der Waals surface area contributed by atoms with Gasteiger partial charge in [-0.05, 0) is 98.6 Å². The summed E-state index contributed by atoms with van der Waals surface area (Å²) >= 11 is 0. The number of fused-ring (bicyclic) bond motifs is 6. The summed E-state index contributed by atoms with van der Waals surface area (Å²) < 4.78 is 6.39. The van der Waals surface area contributed by atoms with Gasteiger partial charge in [-0.25, -0.2) is 0 Å². The van der Waals surface area contributed by atoms with Gasteiger partial charge in [-0.2, -0.15) is 0 Å². The number of nitrogens with zero attached hydrogens (tertiary/aromatic N) is 1. The van der Waals surface area contributed by atoms with Gasteiger partial charge < -0.3 is 9.32 Å². The summed E-state index contributed by atoms with van der Waals surface area (Å²) in [7, 11) is 0. The minimum atomic E-state index is 0.916. The predicted molar refractivity (Wildman–Crippen MR) is 220 cm³/mol. The third-order valence-corrected chi connectivity index (χ3v) is 10.3. The molecule has 10 rings (SSSR count). The lowest BCUT2D eigenvalue weighted by atomic mass is 9.96. The van der Waals surface area contributed by atoms with Crippen LogP contribution >= 0.6 is 0 Å². The molecule has 2 nitrogen and oxygen atoms in total. The molecular weight excluding hydrogens is 631 g/mol. The highest BCUT2D eigenvalue weighted by Crippen LogP contribution is 2.43. The summed E-state index contributed by atoms with van der Waals surface area (Å²) in [5, 5.41) is 7.06. The molecule has 0 saturated heterocycles. The zero-order chi connectivity index (χ0) is 34.4. The molecule has 0 aliphatic carbocycles. The van der Waals surface area contributed by atoms with E-state index < -0.39 is 0 Å². The van der Waals surface area contributed by atoms with E-state index in [1.54, 1.807) is 0 Å². The molecule has 0 radical (unpaired) electrons. The van der Waals surface area contributed by atoms with Crippen molar-refractivity contribution in [3.8, 4) is 33.4 Å². The molecular formula is C50H33NO. The Kier molecular flexibility index (Phi) is 7.18. The van der Waals surface area contributed by atoms with Gasteiger partial charge in [0.15, 0.2) is 0 Å². The Balaban J connectivity index is 1.11. The van der Waals surface area contributed by atoms with Gasteiger partial charge in [-0.1, -0.05) is 146 Å². The number of anilines is 3. The zero-order valence-corrected chi connectivity index (χ0v) is 28.4. The molecule has 0 saturated carbocycles. The second-order valence-corrected chi connectivity index (χ2v) is 13.3. The Labute approximate surface area is 302 Å². The lowest BCUT2D eigenvalue weighted by molar-refractivity contribution is 0.672. The maximum Gasteiger partial charge on any atom is 0.143 e. The molecule has 9 aromatic carbocycles. The highest BCUT2D eigenvalue weighted by molar-refractivity contribution is 6.15. The van der Waals surface area contributed by atoms with Crippen LogP contribution in [0.1, 0.15) is 0 Å². The van der Waals surface area contributed by atoms with Crippen molar-refractivity contribution < 1.29 is 4.42 Å². The maximum atomic E-state index is 6.39. The fourth-order valence-electron chi connectivity index (χ4n) is 7.72. The summed E-state index contributed by atoms with van der Waals surface area (Å²) in [6.07, 6.45) is 0. The Bertz CT molecular complexity index is 2880. The first kappa shape index (κ1) is 30.0. The first-order valence-corrected chi connectivity index (χ1v) is 17.8. The minimum absolute atomic E-state index is 0.916. The highest BCUT2D eigenvalue weighted by Gasteiger charge is 2.19. The molecule has 0 bridgehead atoms. The van der Waals surface area contributed by atoms with Crippen LogP contribution in [0.3, 0.4) is 0 Å². The maximum absolute atomic E-state index is 6.39. The van der Waals surface area contributed by atoms with Gasteiger partial charge >= 0.3 is 0 Å². The van der Waals surface area contributed by atoms with Gasteiger partial charge in [0.25, 0.3) is 0 Å². The van der Waals surface area contributed by atoms with Crippen LogP contribution in [-0.4, -0.2) is 0 Å². The number of rotatable bonds is 6. The van der Waals surface area contributed by atoms with Crippen LogP contribution in [0.4, 0.5) is 17.1 Å². The van der Waals surface area contributed by atoms with Crippen LogP contribution in [0.15, 0.2) is 205 Å². The minimum Gasteiger partial charge on any atom is -0.455 e. The summed E-state index contributed by atoms with van der Waals surface area (Å²) in [6.45, 7) is 0. The third kappa shape index (κ3) is 5.12. The Hall–Kier alpha value is -6.90. The molecule has 2 heteroatoms. The standard InChI is InChI=1S/C50H33NO/c1-2-11-34(12-3-1)35-21-27-40(28-22-35)51(41-29-23-37(24-30-41)43-18-10-14-36-13-4-5-15-42(36)43)48-19-8-6-16-44(48)38-25-31-45-39(33-38)26-32-47-46-17-7-9-20-49(46)52-50(45)47/h1-33H. The van der Waals surface area contributed by atoms with E-state index in [9.17, 15) is 0 Å². The molecule has 0 fully saturated rings. The molecule has 244 valence electrons. The van der Waals surface area contributed by atoms with Crippen molar-refractivity contribution in [2.75, 3.05) is 4.90 Å². The molecule has 0 atom stereocenters. The van der Waals surface area contributed by atoms with E-state index in [-0.39, 0.29) is 0 Å². The van der Waals surface area contributed by atoms with Crippen molar-refractivity contribution in [2.45, 2.75) is 0 Å². The average Bonchev–Trinajstić information content (AvgIpc) is 3.61. The SMILES string of the molecule is c1ccc(-c2ccc(N(c3ccc(-c4cccc5ccccc45)cc3)c3ccccc3-c3ccc4c(ccc5c6ccccc6oc45)c3)cc2)cc1. The van der Waals surface area contributed by atoms with Crippen LogP contribution in [0.25, 0.3) is 76.9 Å². The smallest absolute Gasteiger partial charge is 0.143 e. The average molecular weight is 664 g/mol. The van der Waals surface area contributed by atoms with Crippen LogP contribution in [0.2, 0.25) is 0 Å². The monoisotopic (exact) mass is 663 g/mol. The van der Waals surface area contributed by atoms with Crippen molar-refractivity contribution in [1.29, 1.82) is 0 Å². The van der Waals surface area contributed by atoms with Crippen LogP contribution in [0, 0.1) is 0 Å². The first-order chi connectivity index (χ1) is 25.8. The Morgan fingerprint density at radius 1 is 0.327 bits per heavy atom. The molecule has 1 heterocycles. The van der Waals surface area contributed by atoms with Gasteiger partial charge in [0, 0.05) is 33.1 Å².